The fourth-order valence-electron chi connectivity index (χ4n) is 5.43. The number of carbonyl (C=O) groups excluding carboxylic acids is 1. The van der Waals surface area contributed by atoms with Crippen molar-refractivity contribution in [2.45, 2.75) is 107 Å². The molecule has 0 amide bonds. The van der Waals surface area contributed by atoms with Gasteiger partial charge in [-0.1, -0.05) is 104 Å². The fourth-order valence-corrected chi connectivity index (χ4v) is 6.54. The summed E-state index contributed by atoms with van der Waals surface area (Å²) < 4.78 is 17.2. The number of allylic oxidation sites excluding steroid dienone is 2. The van der Waals surface area contributed by atoms with Crippen molar-refractivity contribution in [1.82, 2.24) is 4.98 Å². The summed E-state index contributed by atoms with van der Waals surface area (Å²) in [5, 5.41) is 12.1. The summed E-state index contributed by atoms with van der Waals surface area (Å²) in [5.74, 6) is 0.547. The molecule has 46 heavy (non-hydrogen) atoms. The van der Waals surface area contributed by atoms with Crippen LogP contribution in [0.1, 0.15) is 108 Å². The van der Waals surface area contributed by atoms with E-state index in [4.69, 9.17) is 2.74 Å². The fraction of sp³-hybridized carbons (Fsp3) is 0.463. The average Bonchev–Trinajstić information content (AvgIpc) is 3.53. The summed E-state index contributed by atoms with van der Waals surface area (Å²) in [7, 11) is 0. The number of aromatic nitrogens is 1. The summed E-state index contributed by atoms with van der Waals surface area (Å²) in [6.45, 7) is 20.6. The van der Waals surface area contributed by atoms with Crippen LogP contribution in [-0.4, -0.2) is 15.9 Å². The van der Waals surface area contributed by atoms with Gasteiger partial charge in [0.15, 0.2) is 5.78 Å². The minimum absolute atomic E-state index is 0. The molecule has 0 bridgehead atoms. The van der Waals surface area contributed by atoms with Crippen molar-refractivity contribution in [2.75, 3.05) is 0 Å². The van der Waals surface area contributed by atoms with E-state index in [1.165, 1.54) is 28.4 Å². The van der Waals surface area contributed by atoms with Crippen molar-refractivity contribution < 1.29 is 32.7 Å². The van der Waals surface area contributed by atoms with Gasteiger partial charge in [0.2, 0.25) is 0 Å². The van der Waals surface area contributed by atoms with Gasteiger partial charge < -0.3 is 5.11 Å². The number of hydrogen-bond acceptors (Lipinski definition) is 4. The van der Waals surface area contributed by atoms with Gasteiger partial charge in [-0.2, -0.15) is 0 Å². The number of benzene rings is 2. The molecule has 0 aliphatic rings. The predicted molar refractivity (Wildman–Crippen MR) is 195 cm³/mol. The van der Waals surface area contributed by atoms with Crippen LogP contribution < -0.4 is 0 Å². The van der Waals surface area contributed by atoms with Crippen LogP contribution in [0.25, 0.3) is 32.5 Å². The normalized spacial score (nSPS) is 13.2. The Kier molecular flexibility index (Phi) is 13.8. The second kappa shape index (κ2) is 17.5. The molecule has 1 N–H and O–H groups in total. The van der Waals surface area contributed by atoms with Gasteiger partial charge in [0.1, 0.15) is 0 Å². The van der Waals surface area contributed by atoms with E-state index in [0.29, 0.717) is 0 Å². The Bertz CT molecular complexity index is 1670. The summed E-state index contributed by atoms with van der Waals surface area (Å²) >= 11 is 1.52. The van der Waals surface area contributed by atoms with Crippen molar-refractivity contribution in [1.29, 1.82) is 0 Å². The monoisotopic (exact) mass is 819 g/mol. The van der Waals surface area contributed by atoms with Crippen LogP contribution in [0, 0.1) is 23.3 Å². The molecule has 3 nitrogen and oxygen atoms in total. The molecule has 2 aromatic carbocycles. The largest absolute Gasteiger partial charge is 0.512 e. The molecule has 0 unspecified atom stereocenters. The van der Waals surface area contributed by atoms with Crippen LogP contribution in [0.3, 0.4) is 0 Å². The second-order valence-corrected chi connectivity index (χ2v) is 14.9. The van der Waals surface area contributed by atoms with E-state index in [2.05, 4.69) is 68.2 Å². The average molecular weight is 819 g/mol. The van der Waals surface area contributed by atoms with Gasteiger partial charge >= 0.3 is 0 Å². The van der Waals surface area contributed by atoms with Crippen molar-refractivity contribution in [2.24, 2.45) is 17.3 Å². The maximum atomic E-state index is 11.7. The molecule has 5 heteroatoms. The molecule has 4 rings (SSSR count). The van der Waals surface area contributed by atoms with Gasteiger partial charge in [0, 0.05) is 62.4 Å². The molecule has 0 aliphatic carbocycles. The first-order valence-corrected chi connectivity index (χ1v) is 17.3. The molecule has 1 radical (unpaired) electrons. The van der Waals surface area contributed by atoms with Crippen molar-refractivity contribution in [3.63, 3.8) is 0 Å². The first-order chi connectivity index (χ1) is 22.0. The molecule has 251 valence electrons. The third-order valence-electron chi connectivity index (χ3n) is 8.09. The van der Waals surface area contributed by atoms with Gasteiger partial charge in [-0.3, -0.25) is 9.78 Å². The molecule has 0 saturated carbocycles. The van der Waals surface area contributed by atoms with E-state index in [0.717, 1.165) is 57.6 Å². The third kappa shape index (κ3) is 11.0. The van der Waals surface area contributed by atoms with Crippen molar-refractivity contribution in [3.8, 4) is 21.7 Å². The summed E-state index contributed by atoms with van der Waals surface area (Å²) in [5.41, 5.74) is 3.73. The van der Waals surface area contributed by atoms with Crippen LogP contribution >= 0.6 is 11.3 Å². The van der Waals surface area contributed by atoms with Crippen LogP contribution in [0.5, 0.6) is 0 Å². The number of ketones is 1. The topological polar surface area (TPSA) is 50.2 Å². The number of hydrogen-bond donors (Lipinski definition) is 1. The first-order valence-electron chi connectivity index (χ1n) is 17.4. The standard InChI is InChI=1S/C28H30NS.C13H24O2.Ir/c1-27(2,3)18-22-11-12-26(30-22)20-13-14-29-25(17-20)21-15-19-9-7-8-10-23(19)24(16-21)28(4,5)6;1-5-10(6-2)12(14)9-13(15)11(7-3)8-4;/h7-14,16-17H,18H2,1-6H3;9-11,14H,5-8H2,1-4H3;/q-1;;/b;12-9-;/i18D2;;. The number of rotatable bonds is 10. The van der Waals surface area contributed by atoms with E-state index in [-0.39, 0.29) is 48.9 Å². The van der Waals surface area contributed by atoms with Gasteiger partial charge in [0.25, 0.3) is 0 Å². The van der Waals surface area contributed by atoms with E-state index >= 15 is 0 Å². The number of aliphatic hydroxyl groups excluding tert-OH is 1. The molecule has 0 atom stereocenters. The van der Waals surface area contributed by atoms with Crippen LogP contribution in [0.15, 0.2) is 72.6 Å². The molecule has 0 aliphatic heterocycles. The third-order valence-corrected chi connectivity index (χ3v) is 9.14. The zero-order valence-electron chi connectivity index (χ0n) is 31.4. The number of aliphatic hydroxyl groups is 1. The molecular weight excluding hydrogens is 763 g/mol. The zero-order valence-corrected chi connectivity index (χ0v) is 32.6. The molecule has 0 fully saturated rings. The summed E-state index contributed by atoms with van der Waals surface area (Å²) in [4.78, 5) is 18.2. The molecule has 0 spiro atoms. The molecule has 0 saturated heterocycles. The van der Waals surface area contributed by atoms with E-state index < -0.39 is 11.8 Å². The Morgan fingerprint density at radius 2 is 1.57 bits per heavy atom. The van der Waals surface area contributed by atoms with Crippen LogP contribution in [0.2, 0.25) is 0 Å². The summed E-state index contributed by atoms with van der Waals surface area (Å²) in [6, 6.07) is 22.2. The minimum atomic E-state index is -1.39. The Morgan fingerprint density at radius 3 is 2.15 bits per heavy atom. The molecular formula is C41H54IrNO2S-. The number of thiophene rings is 1. The van der Waals surface area contributed by atoms with Gasteiger partial charge in [-0.15, -0.1) is 40.5 Å². The molecule has 2 aromatic heterocycles. The molecule has 2 heterocycles. The van der Waals surface area contributed by atoms with Crippen LogP contribution in [-0.2, 0) is 36.7 Å². The van der Waals surface area contributed by atoms with Gasteiger partial charge in [-0.05, 0) is 66.6 Å². The Hall–Kier alpha value is -2.59. The smallest absolute Gasteiger partial charge is 0.162 e. The predicted octanol–water partition coefficient (Wildman–Crippen LogP) is 12.2. The Morgan fingerprint density at radius 1 is 0.935 bits per heavy atom. The SMILES string of the molecule is CCC(CC)C(=O)/C=C(\O)C(CC)CC.[2H]C([2H])(c1ccc(-c2ccnc(-c3[c-]c4ccccc4c(C(C)(C)C)c3)c2)s1)C(C)(C)C.[Ir]. The zero-order chi connectivity index (χ0) is 35.2. The maximum absolute atomic E-state index is 11.7. The maximum Gasteiger partial charge on any atom is 0.162 e. The van der Waals surface area contributed by atoms with Crippen molar-refractivity contribution in [3.05, 3.63) is 89.1 Å². The number of pyridine rings is 1. The minimum Gasteiger partial charge on any atom is -0.512 e. The van der Waals surface area contributed by atoms with E-state index in [1.807, 2.05) is 72.9 Å². The number of fused-ring (bicyclic) bond motifs is 1. The van der Waals surface area contributed by atoms with Crippen molar-refractivity contribution >= 4 is 27.9 Å². The number of nitrogens with zero attached hydrogens (tertiary/aromatic N) is 1. The Labute approximate surface area is 299 Å². The van der Waals surface area contributed by atoms with E-state index in [1.54, 1.807) is 0 Å². The van der Waals surface area contributed by atoms with E-state index in [9.17, 15) is 9.90 Å². The number of carbonyl (C=O) groups is 1. The molecule has 4 aromatic rings. The van der Waals surface area contributed by atoms with Gasteiger partial charge in [0.05, 0.1) is 5.76 Å². The van der Waals surface area contributed by atoms with Gasteiger partial charge in [-0.25, -0.2) is 0 Å². The Balaban J connectivity index is 0.000000427. The first kappa shape index (κ1) is 36.2. The second-order valence-electron chi connectivity index (χ2n) is 13.9. The summed E-state index contributed by atoms with van der Waals surface area (Å²) in [6.07, 6.45) is 5.35. The quantitative estimate of drug-likeness (QED) is 0.0985. The van der Waals surface area contributed by atoms with Crippen LogP contribution in [0.4, 0.5) is 0 Å².